The molecule has 124 valence electrons. The molecule has 3 aromatic rings. The predicted molar refractivity (Wildman–Crippen MR) is 88.4 cm³/mol. The van der Waals surface area contributed by atoms with Gasteiger partial charge < -0.3 is 10.1 Å². The van der Waals surface area contributed by atoms with Gasteiger partial charge in [-0.05, 0) is 42.5 Å². The highest BCUT2D eigenvalue weighted by Crippen LogP contribution is 2.15. The average Bonchev–Trinajstić information content (AvgIpc) is 3.11. The molecular formula is C18H13FN4O2. The van der Waals surface area contributed by atoms with Crippen LogP contribution in [0.25, 0.3) is 0 Å². The van der Waals surface area contributed by atoms with E-state index in [1.807, 2.05) is 6.07 Å². The molecule has 0 aliphatic rings. The molecule has 1 N–H and O–H groups in total. The summed E-state index contributed by atoms with van der Waals surface area (Å²) in [4.78, 5) is 12.2. The van der Waals surface area contributed by atoms with Gasteiger partial charge in [-0.3, -0.25) is 4.79 Å². The highest BCUT2D eigenvalue weighted by Gasteiger charge is 2.12. The third-order valence-electron chi connectivity index (χ3n) is 3.35. The molecule has 0 aliphatic heterocycles. The van der Waals surface area contributed by atoms with Crippen molar-refractivity contribution in [1.29, 1.82) is 5.26 Å². The minimum absolute atomic E-state index is 0.0771. The molecule has 0 unspecified atom stereocenters. The van der Waals surface area contributed by atoms with E-state index in [0.717, 1.165) is 0 Å². The van der Waals surface area contributed by atoms with Crippen LogP contribution >= 0.6 is 0 Å². The number of anilines is 1. The smallest absolute Gasteiger partial charge is 0.276 e. The van der Waals surface area contributed by atoms with Crippen molar-refractivity contribution in [1.82, 2.24) is 9.78 Å². The van der Waals surface area contributed by atoms with Crippen molar-refractivity contribution in [2.24, 2.45) is 0 Å². The molecule has 1 amide bonds. The molecule has 0 saturated heterocycles. The molecule has 0 bridgehead atoms. The Morgan fingerprint density at radius 2 is 1.96 bits per heavy atom. The van der Waals surface area contributed by atoms with E-state index >= 15 is 0 Å². The fourth-order valence-electron chi connectivity index (χ4n) is 2.10. The zero-order valence-corrected chi connectivity index (χ0v) is 13.0. The van der Waals surface area contributed by atoms with Gasteiger partial charge in [0.05, 0.1) is 11.3 Å². The number of rotatable bonds is 5. The molecular weight excluding hydrogens is 323 g/mol. The molecule has 0 aliphatic carbocycles. The molecule has 0 saturated carbocycles. The summed E-state index contributed by atoms with van der Waals surface area (Å²) in [5.74, 6) is -0.280. The number of nitriles is 1. The lowest BCUT2D eigenvalue weighted by molar-refractivity contribution is 0.102. The van der Waals surface area contributed by atoms with E-state index in [0.29, 0.717) is 17.0 Å². The lowest BCUT2D eigenvalue weighted by Crippen LogP contribution is -2.15. The molecule has 0 radical (unpaired) electrons. The number of hydrogen-bond acceptors (Lipinski definition) is 4. The zero-order valence-electron chi connectivity index (χ0n) is 13.0. The molecule has 3 rings (SSSR count). The lowest BCUT2D eigenvalue weighted by atomic mass is 10.2. The van der Waals surface area contributed by atoms with Crippen LogP contribution in [-0.2, 0) is 6.73 Å². The SMILES string of the molecule is N#Cc1ccccc1NC(=O)c1ccn(COc2ccc(F)cc2)n1. The van der Waals surface area contributed by atoms with Gasteiger partial charge in [0.15, 0.2) is 12.4 Å². The number of halogens is 1. The van der Waals surface area contributed by atoms with Gasteiger partial charge in [0.2, 0.25) is 0 Å². The van der Waals surface area contributed by atoms with Crippen molar-refractivity contribution < 1.29 is 13.9 Å². The van der Waals surface area contributed by atoms with Crippen molar-refractivity contribution in [3.05, 3.63) is 77.9 Å². The predicted octanol–water partition coefficient (Wildman–Crippen LogP) is 3.18. The second-order valence-electron chi connectivity index (χ2n) is 5.08. The Kier molecular flexibility index (Phi) is 4.72. The van der Waals surface area contributed by atoms with Crippen LogP contribution in [0.1, 0.15) is 16.1 Å². The first-order valence-electron chi connectivity index (χ1n) is 7.38. The van der Waals surface area contributed by atoms with E-state index in [1.165, 1.54) is 28.9 Å². The number of benzene rings is 2. The zero-order chi connectivity index (χ0) is 17.6. The first-order chi connectivity index (χ1) is 12.2. The Bertz CT molecular complexity index is 929. The van der Waals surface area contributed by atoms with Crippen LogP contribution < -0.4 is 10.1 Å². The van der Waals surface area contributed by atoms with Gasteiger partial charge in [-0.1, -0.05) is 12.1 Å². The van der Waals surface area contributed by atoms with E-state index in [4.69, 9.17) is 10.00 Å². The molecule has 7 heteroatoms. The Labute approximate surface area is 143 Å². The molecule has 1 heterocycles. The molecule has 0 spiro atoms. The number of amides is 1. The lowest BCUT2D eigenvalue weighted by Gasteiger charge is -2.06. The standard InChI is InChI=1S/C18H13FN4O2/c19-14-5-7-15(8-6-14)25-12-23-10-9-17(22-23)18(24)21-16-4-2-1-3-13(16)11-20/h1-10H,12H2,(H,21,24). The van der Waals surface area contributed by atoms with Gasteiger partial charge in [-0.25, -0.2) is 9.07 Å². The van der Waals surface area contributed by atoms with Crippen LogP contribution in [0, 0.1) is 17.1 Å². The monoisotopic (exact) mass is 336 g/mol. The van der Waals surface area contributed by atoms with Crippen molar-refractivity contribution in [2.75, 3.05) is 5.32 Å². The van der Waals surface area contributed by atoms with Crippen LogP contribution in [0.4, 0.5) is 10.1 Å². The largest absolute Gasteiger partial charge is 0.471 e. The van der Waals surface area contributed by atoms with Crippen molar-refractivity contribution in [2.45, 2.75) is 6.73 Å². The first kappa shape index (κ1) is 16.2. The van der Waals surface area contributed by atoms with Crippen molar-refractivity contribution in [3.63, 3.8) is 0 Å². The summed E-state index contributed by atoms with van der Waals surface area (Å²) in [6.45, 7) is 0.0771. The first-order valence-corrected chi connectivity index (χ1v) is 7.38. The van der Waals surface area contributed by atoms with Crippen LogP contribution in [0.5, 0.6) is 5.75 Å². The second-order valence-corrected chi connectivity index (χ2v) is 5.08. The number of nitrogens with zero attached hydrogens (tertiary/aromatic N) is 3. The molecule has 0 atom stereocenters. The summed E-state index contributed by atoms with van der Waals surface area (Å²) in [6, 6.07) is 15.9. The van der Waals surface area contributed by atoms with E-state index in [1.54, 1.807) is 36.5 Å². The quantitative estimate of drug-likeness (QED) is 0.776. The van der Waals surface area contributed by atoms with Gasteiger partial charge >= 0.3 is 0 Å². The minimum Gasteiger partial charge on any atom is -0.471 e. The third-order valence-corrected chi connectivity index (χ3v) is 3.35. The highest BCUT2D eigenvalue weighted by molar-refractivity contribution is 6.03. The summed E-state index contributed by atoms with van der Waals surface area (Å²) in [5, 5.41) is 15.8. The van der Waals surface area contributed by atoms with Crippen LogP contribution in [0.3, 0.4) is 0 Å². The number of nitrogens with one attached hydrogen (secondary N) is 1. The average molecular weight is 336 g/mol. The van der Waals surface area contributed by atoms with Gasteiger partial charge in [0.25, 0.3) is 5.91 Å². The van der Waals surface area contributed by atoms with Crippen LogP contribution in [0.2, 0.25) is 0 Å². The summed E-state index contributed by atoms with van der Waals surface area (Å²) < 4.78 is 19.7. The fourth-order valence-corrected chi connectivity index (χ4v) is 2.10. The molecule has 25 heavy (non-hydrogen) atoms. The number of aromatic nitrogens is 2. The highest BCUT2D eigenvalue weighted by atomic mass is 19.1. The fraction of sp³-hybridized carbons (Fsp3) is 0.0556. The number of carbonyl (C=O) groups excluding carboxylic acids is 1. The maximum Gasteiger partial charge on any atom is 0.276 e. The van der Waals surface area contributed by atoms with Crippen LogP contribution in [-0.4, -0.2) is 15.7 Å². The van der Waals surface area contributed by atoms with Gasteiger partial charge in [-0.2, -0.15) is 10.4 Å². The number of carbonyl (C=O) groups is 1. The topological polar surface area (TPSA) is 79.9 Å². The summed E-state index contributed by atoms with van der Waals surface area (Å²) in [7, 11) is 0. The van der Waals surface area contributed by atoms with E-state index in [9.17, 15) is 9.18 Å². The Hall–Kier alpha value is -3.66. The van der Waals surface area contributed by atoms with Gasteiger partial charge in [0.1, 0.15) is 17.6 Å². The van der Waals surface area contributed by atoms with E-state index in [-0.39, 0.29) is 18.2 Å². The minimum atomic E-state index is -0.428. The van der Waals surface area contributed by atoms with Gasteiger partial charge in [-0.15, -0.1) is 0 Å². The second kappa shape index (κ2) is 7.27. The number of hydrogen-bond donors (Lipinski definition) is 1. The summed E-state index contributed by atoms with van der Waals surface area (Å²) >= 11 is 0. The Morgan fingerprint density at radius 3 is 2.72 bits per heavy atom. The molecule has 2 aromatic carbocycles. The van der Waals surface area contributed by atoms with Gasteiger partial charge in [0, 0.05) is 6.20 Å². The Morgan fingerprint density at radius 1 is 1.20 bits per heavy atom. The summed E-state index contributed by atoms with van der Waals surface area (Å²) in [5.41, 5.74) is 0.984. The number of ether oxygens (including phenoxy) is 1. The summed E-state index contributed by atoms with van der Waals surface area (Å²) in [6.07, 6.45) is 1.59. The van der Waals surface area contributed by atoms with E-state index in [2.05, 4.69) is 10.4 Å². The Balaban J connectivity index is 1.63. The normalized spacial score (nSPS) is 10.1. The molecule has 1 aromatic heterocycles. The van der Waals surface area contributed by atoms with Crippen molar-refractivity contribution >= 4 is 11.6 Å². The number of para-hydroxylation sites is 1. The van der Waals surface area contributed by atoms with Crippen molar-refractivity contribution in [3.8, 4) is 11.8 Å². The molecule has 0 fully saturated rings. The van der Waals surface area contributed by atoms with Crippen LogP contribution in [0.15, 0.2) is 60.8 Å². The third kappa shape index (κ3) is 4.00. The van der Waals surface area contributed by atoms with E-state index < -0.39 is 5.91 Å². The maximum absolute atomic E-state index is 12.8. The molecule has 6 nitrogen and oxygen atoms in total. The maximum atomic E-state index is 12.8.